The molecule has 1 atom stereocenters. The Hall–Kier alpha value is -2.47. The van der Waals surface area contributed by atoms with Crippen LogP contribution < -0.4 is 14.8 Å². The van der Waals surface area contributed by atoms with E-state index in [-0.39, 0.29) is 18.7 Å². The van der Waals surface area contributed by atoms with Crippen molar-refractivity contribution in [2.45, 2.75) is 19.5 Å². The van der Waals surface area contributed by atoms with Crippen molar-refractivity contribution in [2.75, 3.05) is 6.79 Å². The highest BCUT2D eigenvalue weighted by Gasteiger charge is 2.17. The molecule has 2 aromatic rings. The lowest BCUT2D eigenvalue weighted by atomic mass is 10.2. The van der Waals surface area contributed by atoms with Gasteiger partial charge in [-0.15, -0.1) is 0 Å². The van der Waals surface area contributed by atoms with Gasteiger partial charge in [0.1, 0.15) is 0 Å². The number of hydrogen-bond donors (Lipinski definition) is 1. The van der Waals surface area contributed by atoms with Crippen LogP contribution in [0.15, 0.2) is 36.7 Å². The zero-order valence-corrected chi connectivity index (χ0v) is 13.3. The van der Waals surface area contributed by atoms with Crippen molar-refractivity contribution in [1.82, 2.24) is 15.1 Å². The van der Waals surface area contributed by atoms with Crippen molar-refractivity contribution < 1.29 is 14.3 Å². The van der Waals surface area contributed by atoms with E-state index in [1.807, 2.05) is 19.2 Å². The molecule has 0 bridgehead atoms. The van der Waals surface area contributed by atoms with Gasteiger partial charge in [-0.1, -0.05) is 11.6 Å². The molecule has 0 fully saturated rings. The Morgan fingerprint density at radius 1 is 1.52 bits per heavy atom. The Kier molecular flexibility index (Phi) is 4.52. The third kappa shape index (κ3) is 3.84. The van der Waals surface area contributed by atoms with Crippen LogP contribution in [-0.2, 0) is 11.3 Å². The fourth-order valence-corrected chi connectivity index (χ4v) is 2.55. The topological polar surface area (TPSA) is 65.4 Å². The molecule has 1 N–H and O–H groups in total. The number of amides is 1. The van der Waals surface area contributed by atoms with Crippen LogP contribution in [0.3, 0.4) is 0 Å². The fraction of sp³-hybridized carbons (Fsp3) is 0.250. The summed E-state index contributed by atoms with van der Waals surface area (Å²) in [5.41, 5.74) is 0.772. The molecule has 7 heteroatoms. The average molecular weight is 334 g/mol. The Morgan fingerprint density at radius 2 is 2.39 bits per heavy atom. The van der Waals surface area contributed by atoms with E-state index in [0.717, 1.165) is 5.56 Å². The van der Waals surface area contributed by atoms with Crippen LogP contribution in [0, 0.1) is 0 Å². The number of hydrogen-bond acceptors (Lipinski definition) is 4. The van der Waals surface area contributed by atoms with Gasteiger partial charge in [0.2, 0.25) is 12.7 Å². The number of halogens is 1. The summed E-state index contributed by atoms with van der Waals surface area (Å²) in [6.07, 6.45) is 6.71. The maximum Gasteiger partial charge on any atom is 0.244 e. The number of benzene rings is 1. The van der Waals surface area contributed by atoms with Crippen molar-refractivity contribution in [3.8, 4) is 11.5 Å². The SMILES string of the molecule is C[C@H](Cn1cccn1)NC(=O)/C=C\c1cc(Cl)c2c(c1)OCO2. The van der Waals surface area contributed by atoms with E-state index in [9.17, 15) is 4.79 Å². The van der Waals surface area contributed by atoms with Gasteiger partial charge in [0.05, 0.1) is 11.6 Å². The average Bonchev–Trinajstić information content (AvgIpc) is 3.16. The Labute approximate surface area is 138 Å². The minimum atomic E-state index is -0.182. The lowest BCUT2D eigenvalue weighted by Gasteiger charge is -2.12. The number of aromatic nitrogens is 2. The summed E-state index contributed by atoms with van der Waals surface area (Å²) >= 11 is 6.10. The number of carbonyl (C=O) groups excluding carboxylic acids is 1. The molecule has 6 nitrogen and oxygen atoms in total. The monoisotopic (exact) mass is 333 g/mol. The molecule has 0 radical (unpaired) electrons. The van der Waals surface area contributed by atoms with E-state index >= 15 is 0 Å². The predicted molar refractivity (Wildman–Crippen MR) is 86.4 cm³/mol. The maximum absolute atomic E-state index is 12.0. The van der Waals surface area contributed by atoms with E-state index in [1.165, 1.54) is 6.08 Å². The van der Waals surface area contributed by atoms with E-state index in [4.69, 9.17) is 21.1 Å². The molecule has 23 heavy (non-hydrogen) atoms. The van der Waals surface area contributed by atoms with Gasteiger partial charge in [-0.2, -0.15) is 5.10 Å². The second kappa shape index (κ2) is 6.75. The summed E-state index contributed by atoms with van der Waals surface area (Å²) in [5, 5.41) is 7.45. The first-order valence-electron chi connectivity index (χ1n) is 7.17. The zero-order chi connectivity index (χ0) is 16.2. The maximum atomic E-state index is 12.0. The van der Waals surface area contributed by atoms with Gasteiger partial charge >= 0.3 is 0 Å². The Morgan fingerprint density at radius 3 is 3.17 bits per heavy atom. The Balaban J connectivity index is 1.59. The zero-order valence-electron chi connectivity index (χ0n) is 12.5. The number of rotatable bonds is 5. The van der Waals surface area contributed by atoms with Crippen LogP contribution in [0.2, 0.25) is 5.02 Å². The molecular weight excluding hydrogens is 318 g/mol. The van der Waals surface area contributed by atoms with E-state index < -0.39 is 0 Å². The third-order valence-electron chi connectivity index (χ3n) is 3.29. The molecule has 0 saturated heterocycles. The Bertz CT molecular complexity index is 728. The molecule has 1 aliphatic heterocycles. The summed E-state index contributed by atoms with van der Waals surface area (Å²) in [5.74, 6) is 0.948. The van der Waals surface area contributed by atoms with Crippen LogP contribution in [0.5, 0.6) is 11.5 Å². The van der Waals surface area contributed by atoms with Gasteiger partial charge in [0.25, 0.3) is 0 Å². The van der Waals surface area contributed by atoms with Crippen LogP contribution in [0.1, 0.15) is 12.5 Å². The first kappa shape index (κ1) is 15.4. The third-order valence-corrected chi connectivity index (χ3v) is 3.57. The van der Waals surface area contributed by atoms with Crippen LogP contribution >= 0.6 is 11.6 Å². The molecule has 2 heterocycles. The first-order chi connectivity index (χ1) is 11.1. The first-order valence-corrected chi connectivity index (χ1v) is 7.55. The summed E-state index contributed by atoms with van der Waals surface area (Å²) in [7, 11) is 0. The van der Waals surface area contributed by atoms with E-state index in [1.54, 1.807) is 29.1 Å². The molecule has 1 amide bonds. The van der Waals surface area contributed by atoms with Gasteiger partial charge in [-0.05, 0) is 36.8 Å². The van der Waals surface area contributed by atoms with E-state index in [2.05, 4.69) is 10.4 Å². The van der Waals surface area contributed by atoms with Crippen molar-refractivity contribution in [3.05, 3.63) is 47.3 Å². The van der Waals surface area contributed by atoms with Crippen molar-refractivity contribution in [2.24, 2.45) is 0 Å². The lowest BCUT2D eigenvalue weighted by molar-refractivity contribution is -0.117. The highest BCUT2D eigenvalue weighted by Crippen LogP contribution is 2.39. The van der Waals surface area contributed by atoms with Crippen molar-refractivity contribution in [1.29, 1.82) is 0 Å². The van der Waals surface area contributed by atoms with Crippen LogP contribution in [0.25, 0.3) is 6.08 Å². The molecule has 3 rings (SSSR count). The standard InChI is InChI=1S/C16H16ClN3O3/c1-11(9-20-6-2-5-18-20)19-15(21)4-3-12-7-13(17)16-14(8-12)22-10-23-16/h2-8,11H,9-10H2,1H3,(H,19,21)/b4-3-/t11-/m1/s1. The van der Waals surface area contributed by atoms with Gasteiger partial charge in [-0.3, -0.25) is 9.48 Å². The second-order valence-corrected chi connectivity index (χ2v) is 5.61. The van der Waals surface area contributed by atoms with Gasteiger partial charge in [-0.25, -0.2) is 0 Å². The highest BCUT2D eigenvalue weighted by atomic mass is 35.5. The number of fused-ring (bicyclic) bond motifs is 1. The minimum absolute atomic E-state index is 0.0348. The number of nitrogens with one attached hydrogen (secondary N) is 1. The summed E-state index contributed by atoms with van der Waals surface area (Å²) in [4.78, 5) is 12.0. The van der Waals surface area contributed by atoms with Gasteiger partial charge in [0.15, 0.2) is 11.5 Å². The lowest BCUT2D eigenvalue weighted by Crippen LogP contribution is -2.34. The quantitative estimate of drug-likeness (QED) is 0.854. The van der Waals surface area contributed by atoms with Gasteiger partial charge < -0.3 is 14.8 Å². The normalized spacial score (nSPS) is 14.2. The van der Waals surface area contributed by atoms with E-state index in [0.29, 0.717) is 23.1 Å². The molecule has 0 saturated carbocycles. The smallest absolute Gasteiger partial charge is 0.244 e. The van der Waals surface area contributed by atoms with Crippen LogP contribution in [-0.4, -0.2) is 28.5 Å². The fourth-order valence-electron chi connectivity index (χ4n) is 2.28. The molecular formula is C16H16ClN3O3. The number of nitrogens with zero attached hydrogens (tertiary/aromatic N) is 2. The predicted octanol–water partition coefficient (Wildman–Crippen LogP) is 2.48. The molecule has 1 aliphatic rings. The highest BCUT2D eigenvalue weighted by molar-refractivity contribution is 6.32. The number of carbonyl (C=O) groups is 1. The summed E-state index contributed by atoms with van der Waals surface area (Å²) in [6.45, 7) is 2.70. The summed E-state index contributed by atoms with van der Waals surface area (Å²) < 4.78 is 12.3. The summed E-state index contributed by atoms with van der Waals surface area (Å²) in [6, 6.07) is 5.32. The molecule has 1 aromatic heterocycles. The number of ether oxygens (including phenoxy) is 2. The molecule has 1 aromatic carbocycles. The second-order valence-electron chi connectivity index (χ2n) is 5.21. The van der Waals surface area contributed by atoms with Gasteiger partial charge in [0, 0.05) is 24.5 Å². The van der Waals surface area contributed by atoms with Crippen molar-refractivity contribution in [3.63, 3.8) is 0 Å². The molecule has 0 unspecified atom stereocenters. The van der Waals surface area contributed by atoms with Crippen molar-refractivity contribution >= 4 is 23.6 Å². The minimum Gasteiger partial charge on any atom is -0.454 e. The molecule has 120 valence electrons. The molecule has 0 aliphatic carbocycles. The van der Waals surface area contributed by atoms with Crippen LogP contribution in [0.4, 0.5) is 0 Å². The largest absolute Gasteiger partial charge is 0.454 e. The molecule has 0 spiro atoms.